The van der Waals surface area contributed by atoms with E-state index in [9.17, 15) is 0 Å². The fraction of sp³-hybridized carbons (Fsp3) is 0.273. The molecular weight excluding hydrogens is 326 g/mol. The lowest BCUT2D eigenvalue weighted by atomic mass is 10.1. The van der Waals surface area contributed by atoms with Gasteiger partial charge in [0.05, 0.1) is 0 Å². The molecule has 0 aliphatic carbocycles. The number of nitrogens with one attached hydrogen (secondary N) is 1. The third kappa shape index (κ3) is 4.30. The maximum atomic E-state index is 5.91. The van der Waals surface area contributed by atoms with E-state index in [0.717, 1.165) is 25.3 Å². The highest BCUT2D eigenvalue weighted by molar-refractivity contribution is 7.15. The Morgan fingerprint density at radius 2 is 1.80 bits per heavy atom. The number of benzene rings is 2. The largest absolute Gasteiger partial charge is 0.492 e. The lowest BCUT2D eigenvalue weighted by Crippen LogP contribution is -2.28. The SMILES string of the molecule is c1ccc(Cc2ccc(-c3ccc(OC[C@@H]4CCCN4)cc3)s2)cc1. The van der Waals surface area contributed by atoms with Crippen LogP contribution in [0.3, 0.4) is 0 Å². The van der Waals surface area contributed by atoms with Crippen LogP contribution in [0.2, 0.25) is 0 Å². The van der Waals surface area contributed by atoms with Gasteiger partial charge in [-0.05, 0) is 66.9 Å². The van der Waals surface area contributed by atoms with Crippen LogP contribution in [0.4, 0.5) is 0 Å². The molecule has 1 saturated heterocycles. The Morgan fingerprint density at radius 3 is 2.56 bits per heavy atom. The van der Waals surface area contributed by atoms with Crippen molar-refractivity contribution in [2.75, 3.05) is 13.2 Å². The van der Waals surface area contributed by atoms with Gasteiger partial charge in [0.25, 0.3) is 0 Å². The van der Waals surface area contributed by atoms with Crippen molar-refractivity contribution in [3.05, 3.63) is 77.2 Å². The quantitative estimate of drug-likeness (QED) is 0.665. The van der Waals surface area contributed by atoms with Gasteiger partial charge in [-0.25, -0.2) is 0 Å². The van der Waals surface area contributed by atoms with Crippen LogP contribution in [0.15, 0.2) is 66.7 Å². The summed E-state index contributed by atoms with van der Waals surface area (Å²) in [7, 11) is 0. The minimum absolute atomic E-state index is 0.512. The summed E-state index contributed by atoms with van der Waals surface area (Å²) in [5.74, 6) is 0.957. The van der Waals surface area contributed by atoms with Crippen molar-refractivity contribution in [3.63, 3.8) is 0 Å². The monoisotopic (exact) mass is 349 g/mol. The first kappa shape index (κ1) is 16.4. The first-order valence-electron chi connectivity index (χ1n) is 8.96. The van der Waals surface area contributed by atoms with E-state index in [0.29, 0.717) is 6.04 Å². The molecule has 1 atom stereocenters. The highest BCUT2D eigenvalue weighted by Crippen LogP contribution is 2.30. The van der Waals surface area contributed by atoms with E-state index in [1.807, 2.05) is 11.3 Å². The second kappa shape index (κ2) is 7.85. The number of ether oxygens (including phenoxy) is 1. The lowest BCUT2D eigenvalue weighted by Gasteiger charge is -2.12. The van der Waals surface area contributed by atoms with Crippen molar-refractivity contribution in [2.24, 2.45) is 0 Å². The first-order chi connectivity index (χ1) is 12.4. The van der Waals surface area contributed by atoms with Crippen molar-refractivity contribution < 1.29 is 4.74 Å². The molecule has 0 bridgehead atoms. The molecule has 25 heavy (non-hydrogen) atoms. The summed E-state index contributed by atoms with van der Waals surface area (Å²) in [6, 6.07) is 24.1. The fourth-order valence-electron chi connectivity index (χ4n) is 3.24. The Hall–Kier alpha value is -2.10. The average molecular weight is 349 g/mol. The van der Waals surface area contributed by atoms with Crippen LogP contribution in [0.1, 0.15) is 23.3 Å². The van der Waals surface area contributed by atoms with E-state index < -0.39 is 0 Å². The van der Waals surface area contributed by atoms with Crippen molar-refractivity contribution in [1.29, 1.82) is 0 Å². The van der Waals surface area contributed by atoms with Gasteiger partial charge in [0, 0.05) is 22.2 Å². The van der Waals surface area contributed by atoms with Crippen LogP contribution in [-0.4, -0.2) is 19.2 Å². The number of thiophene rings is 1. The van der Waals surface area contributed by atoms with Crippen LogP contribution in [0.5, 0.6) is 5.75 Å². The van der Waals surface area contributed by atoms with Crippen LogP contribution in [0, 0.1) is 0 Å². The molecule has 2 nitrogen and oxygen atoms in total. The van der Waals surface area contributed by atoms with Gasteiger partial charge in [0.1, 0.15) is 12.4 Å². The van der Waals surface area contributed by atoms with Gasteiger partial charge in [-0.1, -0.05) is 30.3 Å². The second-order valence-electron chi connectivity index (χ2n) is 6.56. The van der Waals surface area contributed by atoms with Gasteiger partial charge in [0.15, 0.2) is 0 Å². The van der Waals surface area contributed by atoms with Gasteiger partial charge >= 0.3 is 0 Å². The summed E-state index contributed by atoms with van der Waals surface area (Å²) in [5, 5.41) is 3.46. The summed E-state index contributed by atoms with van der Waals surface area (Å²) in [5.41, 5.74) is 2.62. The Bertz CT molecular complexity index is 788. The molecule has 3 aromatic rings. The van der Waals surface area contributed by atoms with Crippen LogP contribution in [0.25, 0.3) is 10.4 Å². The van der Waals surface area contributed by atoms with Gasteiger partial charge in [0.2, 0.25) is 0 Å². The molecule has 2 aromatic carbocycles. The topological polar surface area (TPSA) is 21.3 Å². The van der Waals surface area contributed by atoms with Crippen molar-refractivity contribution in [2.45, 2.75) is 25.3 Å². The molecule has 128 valence electrons. The van der Waals surface area contributed by atoms with E-state index >= 15 is 0 Å². The van der Waals surface area contributed by atoms with Crippen molar-refractivity contribution in [1.82, 2.24) is 5.32 Å². The Kier molecular flexibility index (Phi) is 5.14. The smallest absolute Gasteiger partial charge is 0.119 e. The molecule has 1 aliphatic heterocycles. The molecule has 0 unspecified atom stereocenters. The molecule has 0 amide bonds. The number of hydrogen-bond acceptors (Lipinski definition) is 3. The molecule has 3 heteroatoms. The van der Waals surface area contributed by atoms with Crippen LogP contribution in [-0.2, 0) is 6.42 Å². The molecule has 1 aliphatic rings. The molecule has 1 N–H and O–H groups in total. The van der Waals surface area contributed by atoms with Gasteiger partial charge in [-0.3, -0.25) is 0 Å². The minimum Gasteiger partial charge on any atom is -0.492 e. The normalized spacial score (nSPS) is 16.9. The third-order valence-electron chi connectivity index (χ3n) is 4.64. The summed E-state index contributed by atoms with van der Waals surface area (Å²) < 4.78 is 5.91. The molecule has 0 saturated carbocycles. The van der Waals surface area contributed by atoms with E-state index in [4.69, 9.17) is 4.74 Å². The fourth-order valence-corrected chi connectivity index (χ4v) is 4.28. The molecule has 1 aromatic heterocycles. The minimum atomic E-state index is 0.512. The molecule has 1 fully saturated rings. The second-order valence-corrected chi connectivity index (χ2v) is 7.73. The lowest BCUT2D eigenvalue weighted by molar-refractivity contribution is 0.277. The molecule has 0 spiro atoms. The van der Waals surface area contributed by atoms with E-state index in [2.05, 4.69) is 72.0 Å². The number of hydrogen-bond donors (Lipinski definition) is 1. The molecular formula is C22H23NOS. The zero-order chi connectivity index (χ0) is 16.9. The maximum Gasteiger partial charge on any atom is 0.119 e. The predicted molar refractivity (Wildman–Crippen MR) is 106 cm³/mol. The molecule has 2 heterocycles. The molecule has 4 rings (SSSR count). The van der Waals surface area contributed by atoms with Gasteiger partial charge in [-0.15, -0.1) is 11.3 Å². The summed E-state index contributed by atoms with van der Waals surface area (Å²) in [4.78, 5) is 2.71. The summed E-state index contributed by atoms with van der Waals surface area (Å²) in [6.45, 7) is 1.89. The standard InChI is InChI=1S/C22H23NOS/c1-2-5-17(6-3-1)15-21-12-13-22(25-21)18-8-10-20(11-9-18)24-16-19-7-4-14-23-19/h1-3,5-6,8-13,19,23H,4,7,14-16H2/t19-/m0/s1. The highest BCUT2D eigenvalue weighted by atomic mass is 32.1. The van der Waals surface area contributed by atoms with Gasteiger partial charge < -0.3 is 10.1 Å². The summed E-state index contributed by atoms with van der Waals surface area (Å²) in [6.07, 6.45) is 3.48. The van der Waals surface area contributed by atoms with Crippen molar-refractivity contribution in [3.8, 4) is 16.2 Å². The van der Waals surface area contributed by atoms with E-state index in [1.54, 1.807) is 0 Å². The highest BCUT2D eigenvalue weighted by Gasteiger charge is 2.14. The first-order valence-corrected chi connectivity index (χ1v) is 9.78. The molecule has 0 radical (unpaired) electrons. The predicted octanol–water partition coefficient (Wildman–Crippen LogP) is 5.14. The Balaban J connectivity index is 1.38. The van der Waals surface area contributed by atoms with Gasteiger partial charge in [-0.2, -0.15) is 0 Å². The van der Waals surface area contributed by atoms with Crippen molar-refractivity contribution >= 4 is 11.3 Å². The zero-order valence-corrected chi connectivity index (χ0v) is 15.1. The zero-order valence-electron chi connectivity index (χ0n) is 14.3. The maximum absolute atomic E-state index is 5.91. The Morgan fingerprint density at radius 1 is 0.960 bits per heavy atom. The Labute approximate surface area is 153 Å². The third-order valence-corrected chi connectivity index (χ3v) is 5.77. The van der Waals surface area contributed by atoms with Crippen LogP contribution < -0.4 is 10.1 Å². The number of rotatable bonds is 6. The average Bonchev–Trinajstić information content (AvgIpc) is 3.33. The summed E-state index contributed by atoms with van der Waals surface area (Å²) >= 11 is 1.87. The van der Waals surface area contributed by atoms with Crippen LogP contribution >= 0.6 is 11.3 Å². The van der Waals surface area contributed by atoms with E-state index in [1.165, 1.54) is 33.7 Å². The van der Waals surface area contributed by atoms with E-state index in [-0.39, 0.29) is 0 Å².